The zero-order valence-corrected chi connectivity index (χ0v) is 9.71. The van der Waals surface area contributed by atoms with Crippen molar-refractivity contribution in [3.05, 3.63) is 40.8 Å². The van der Waals surface area contributed by atoms with Crippen LogP contribution in [0, 0.1) is 0 Å². The fraction of sp³-hybridized carbons (Fsp3) is 0.167. The minimum absolute atomic E-state index is 0.292. The van der Waals surface area contributed by atoms with Gasteiger partial charge in [-0.1, -0.05) is 36.9 Å². The summed E-state index contributed by atoms with van der Waals surface area (Å²) < 4.78 is 22.8. The first kappa shape index (κ1) is 11.7. The molecule has 0 spiro atoms. The first-order valence-corrected chi connectivity index (χ1v) is 6.47. The highest BCUT2D eigenvalue weighted by molar-refractivity contribution is 7.90. The van der Waals surface area contributed by atoms with E-state index in [-0.39, 0.29) is 0 Å². The van der Waals surface area contributed by atoms with Crippen LogP contribution in [0.25, 0.3) is 12.7 Å². The van der Waals surface area contributed by atoms with E-state index >= 15 is 0 Å². The first-order valence-electron chi connectivity index (χ1n) is 4.58. The Morgan fingerprint density at radius 1 is 1.33 bits per heavy atom. The molecular weight excluding hydrogens is 208 g/mol. The molecule has 0 heterocycles. The summed E-state index contributed by atoms with van der Waals surface area (Å²) in [6, 6.07) is 5.14. The summed E-state index contributed by atoms with van der Waals surface area (Å²) in [6.45, 7) is 5.70. The number of hydrogen-bond donors (Lipinski definition) is 0. The molecule has 0 bridgehead atoms. The monoisotopic (exact) mass is 222 g/mol. The quantitative estimate of drug-likeness (QED) is 0.743. The fourth-order valence-corrected chi connectivity index (χ4v) is 2.18. The van der Waals surface area contributed by atoms with Gasteiger partial charge in [0.05, 0.1) is 4.90 Å². The molecule has 0 aliphatic rings. The molecule has 80 valence electrons. The van der Waals surface area contributed by atoms with Crippen molar-refractivity contribution in [1.29, 1.82) is 0 Å². The predicted octanol–water partition coefficient (Wildman–Crippen LogP) is 0.857. The van der Waals surface area contributed by atoms with Crippen molar-refractivity contribution in [2.45, 2.75) is 11.8 Å². The van der Waals surface area contributed by atoms with Crippen LogP contribution in [-0.2, 0) is 9.84 Å². The fourth-order valence-electron chi connectivity index (χ4n) is 1.29. The average molecular weight is 222 g/mol. The molecule has 0 radical (unpaired) electrons. The number of allylic oxidation sites excluding steroid dienone is 2. The average Bonchev–Trinajstić information content (AvgIpc) is 2.14. The van der Waals surface area contributed by atoms with E-state index in [9.17, 15) is 8.42 Å². The Hall–Kier alpha value is -1.35. The highest BCUT2D eigenvalue weighted by atomic mass is 32.2. The maximum Gasteiger partial charge on any atom is 0.176 e. The van der Waals surface area contributed by atoms with Gasteiger partial charge in [0.2, 0.25) is 0 Å². The van der Waals surface area contributed by atoms with Crippen molar-refractivity contribution in [3.8, 4) is 0 Å². The lowest BCUT2D eigenvalue weighted by atomic mass is 10.2. The summed E-state index contributed by atoms with van der Waals surface area (Å²) in [6.07, 6.45) is 6.77. The summed E-state index contributed by atoms with van der Waals surface area (Å²) in [7, 11) is -3.19. The van der Waals surface area contributed by atoms with Gasteiger partial charge in [-0.2, -0.15) is 0 Å². The number of sulfone groups is 1. The third-order valence-corrected chi connectivity index (χ3v) is 3.22. The summed E-state index contributed by atoms with van der Waals surface area (Å²) in [4.78, 5) is 0.292. The zero-order valence-electron chi connectivity index (χ0n) is 8.90. The van der Waals surface area contributed by atoms with Gasteiger partial charge in [-0.3, -0.25) is 0 Å². The standard InChI is InChI=1S/C12H14O2S/c1-4-5-7-11-8-6-9-12(10(11)2)15(3,13)14/h4-9H,2H2,1,3H3/b5-4-,11-7-. The Balaban J connectivity index is 3.58. The summed E-state index contributed by atoms with van der Waals surface area (Å²) in [5.74, 6) is 0. The van der Waals surface area contributed by atoms with Crippen molar-refractivity contribution >= 4 is 22.5 Å². The Labute approximate surface area is 90.2 Å². The minimum atomic E-state index is -3.19. The lowest BCUT2D eigenvalue weighted by Crippen LogP contribution is -2.28. The number of hydrogen-bond acceptors (Lipinski definition) is 2. The Kier molecular flexibility index (Phi) is 3.48. The molecule has 0 aromatic heterocycles. The number of rotatable bonds is 2. The molecule has 0 unspecified atom stereocenters. The van der Waals surface area contributed by atoms with E-state index in [0.29, 0.717) is 10.1 Å². The summed E-state index contributed by atoms with van der Waals surface area (Å²) in [5, 5.41) is 1.38. The highest BCUT2D eigenvalue weighted by Gasteiger charge is 2.07. The van der Waals surface area contributed by atoms with Gasteiger partial charge in [0.15, 0.2) is 9.84 Å². The van der Waals surface area contributed by atoms with E-state index in [1.54, 1.807) is 12.1 Å². The summed E-state index contributed by atoms with van der Waals surface area (Å²) >= 11 is 0. The largest absolute Gasteiger partial charge is 0.224 e. The topological polar surface area (TPSA) is 34.1 Å². The zero-order chi connectivity index (χ0) is 11.5. The van der Waals surface area contributed by atoms with Gasteiger partial charge >= 0.3 is 0 Å². The van der Waals surface area contributed by atoms with E-state index in [0.717, 1.165) is 5.22 Å². The van der Waals surface area contributed by atoms with Crippen molar-refractivity contribution in [3.63, 3.8) is 0 Å². The lowest BCUT2D eigenvalue weighted by molar-refractivity contribution is 0.601. The van der Waals surface area contributed by atoms with Crippen molar-refractivity contribution < 1.29 is 8.42 Å². The smallest absolute Gasteiger partial charge is 0.176 e. The SMILES string of the molecule is C=c1c(S(C)(=O)=O)ccc/c1=C/C=C\C. The van der Waals surface area contributed by atoms with E-state index in [4.69, 9.17) is 0 Å². The van der Waals surface area contributed by atoms with Crippen molar-refractivity contribution in [2.75, 3.05) is 6.26 Å². The van der Waals surface area contributed by atoms with Crippen LogP contribution in [0.15, 0.2) is 35.2 Å². The van der Waals surface area contributed by atoms with Crippen LogP contribution < -0.4 is 10.4 Å². The van der Waals surface area contributed by atoms with Gasteiger partial charge in [-0.15, -0.1) is 0 Å². The minimum Gasteiger partial charge on any atom is -0.224 e. The van der Waals surface area contributed by atoms with Crippen LogP contribution in [0.5, 0.6) is 0 Å². The van der Waals surface area contributed by atoms with Gasteiger partial charge in [0.25, 0.3) is 0 Å². The van der Waals surface area contributed by atoms with Crippen LogP contribution in [0.2, 0.25) is 0 Å². The predicted molar refractivity (Wildman–Crippen MR) is 63.6 cm³/mol. The van der Waals surface area contributed by atoms with E-state index in [2.05, 4.69) is 6.58 Å². The lowest BCUT2D eigenvalue weighted by Gasteiger charge is -1.98. The molecule has 3 heteroatoms. The Morgan fingerprint density at radius 2 is 2.00 bits per heavy atom. The van der Waals surface area contributed by atoms with Crippen LogP contribution >= 0.6 is 0 Å². The van der Waals surface area contributed by atoms with Gasteiger partial charge in [-0.05, 0) is 23.4 Å². The normalized spacial score (nSPS) is 13.6. The maximum atomic E-state index is 11.4. The molecule has 0 saturated heterocycles. The van der Waals surface area contributed by atoms with Crippen molar-refractivity contribution in [1.82, 2.24) is 0 Å². The molecule has 1 rings (SSSR count). The maximum absolute atomic E-state index is 11.4. The second-order valence-electron chi connectivity index (χ2n) is 3.29. The van der Waals surface area contributed by atoms with E-state index in [1.807, 2.05) is 31.2 Å². The molecule has 2 nitrogen and oxygen atoms in total. The molecule has 0 amide bonds. The van der Waals surface area contributed by atoms with Gasteiger partial charge < -0.3 is 0 Å². The van der Waals surface area contributed by atoms with Gasteiger partial charge in [-0.25, -0.2) is 8.42 Å². The highest BCUT2D eigenvalue weighted by Crippen LogP contribution is 1.98. The second kappa shape index (κ2) is 4.45. The van der Waals surface area contributed by atoms with Crippen molar-refractivity contribution in [2.24, 2.45) is 0 Å². The molecule has 1 aromatic rings. The molecule has 0 atom stereocenters. The van der Waals surface area contributed by atoms with Gasteiger partial charge in [0.1, 0.15) is 0 Å². The van der Waals surface area contributed by atoms with Crippen LogP contribution in [-0.4, -0.2) is 14.7 Å². The van der Waals surface area contributed by atoms with E-state index < -0.39 is 9.84 Å². The van der Waals surface area contributed by atoms with E-state index in [1.165, 1.54) is 6.26 Å². The Bertz CT molecular complexity index is 581. The molecule has 0 fully saturated rings. The first-order chi connectivity index (χ1) is 6.96. The molecule has 0 N–H and O–H groups in total. The number of benzene rings is 1. The molecule has 0 aliphatic carbocycles. The molecule has 0 saturated carbocycles. The molecular formula is C12H14O2S. The second-order valence-corrected chi connectivity index (χ2v) is 5.27. The van der Waals surface area contributed by atoms with Crippen LogP contribution in [0.4, 0.5) is 0 Å². The third-order valence-electron chi connectivity index (χ3n) is 2.04. The summed E-state index contributed by atoms with van der Waals surface area (Å²) in [5.41, 5.74) is 0. The van der Waals surface area contributed by atoms with Crippen LogP contribution in [0.1, 0.15) is 6.92 Å². The molecule has 0 aliphatic heterocycles. The molecule has 1 aromatic carbocycles. The molecule has 15 heavy (non-hydrogen) atoms. The van der Waals surface area contributed by atoms with Gasteiger partial charge in [0, 0.05) is 6.26 Å². The third kappa shape index (κ3) is 2.80. The van der Waals surface area contributed by atoms with Crippen LogP contribution in [0.3, 0.4) is 0 Å². The Morgan fingerprint density at radius 3 is 2.53 bits per heavy atom.